The lowest BCUT2D eigenvalue weighted by Crippen LogP contribution is -2.57. The van der Waals surface area contributed by atoms with Gasteiger partial charge in [-0.2, -0.15) is 5.10 Å². The maximum Gasteiger partial charge on any atom is 0.260 e. The Hall–Kier alpha value is -5.27. The van der Waals surface area contributed by atoms with E-state index >= 15 is 4.39 Å². The van der Waals surface area contributed by atoms with E-state index in [1.807, 2.05) is 0 Å². The number of ether oxygens (including phenoxy) is 1. The van der Waals surface area contributed by atoms with Crippen molar-refractivity contribution >= 4 is 39.9 Å². The van der Waals surface area contributed by atoms with Gasteiger partial charge in [0.25, 0.3) is 6.43 Å². The van der Waals surface area contributed by atoms with Gasteiger partial charge in [0.2, 0.25) is 5.91 Å². The molecule has 1 aliphatic heterocycles. The summed E-state index contributed by atoms with van der Waals surface area (Å²) in [5, 5.41) is 7.03. The number of carbonyl (C=O) groups excluding carboxylic acids is 1. The van der Waals surface area contributed by atoms with Crippen LogP contribution in [-0.2, 0) is 4.79 Å². The number of fused-ring (bicyclic) bond motifs is 2. The molecule has 14 heteroatoms. The first-order valence-corrected chi connectivity index (χ1v) is 12.9. The highest BCUT2D eigenvalue weighted by molar-refractivity contribution is 5.89. The van der Waals surface area contributed by atoms with Gasteiger partial charge in [-0.3, -0.25) is 4.79 Å². The summed E-state index contributed by atoms with van der Waals surface area (Å²) in [6.45, 7) is 5.44. The van der Waals surface area contributed by atoms with Crippen LogP contribution in [0.5, 0.6) is 11.5 Å². The zero-order chi connectivity index (χ0) is 29.4. The maximum atomic E-state index is 15.3. The first kappa shape index (κ1) is 26.9. The van der Waals surface area contributed by atoms with Crippen LogP contribution in [-0.4, -0.2) is 72.5 Å². The number of nitrogens with one attached hydrogen (secondary N) is 1. The topological polar surface area (TPSA) is 114 Å². The molecular weight excluding hydrogens is 551 g/mol. The van der Waals surface area contributed by atoms with E-state index in [0.29, 0.717) is 39.6 Å². The van der Waals surface area contributed by atoms with Crippen molar-refractivity contribution in [3.05, 3.63) is 79.3 Å². The summed E-state index contributed by atoms with van der Waals surface area (Å²) in [7, 11) is 0. The Morgan fingerprint density at radius 3 is 2.81 bits per heavy atom. The van der Waals surface area contributed by atoms with Gasteiger partial charge in [-0.15, -0.1) is 0 Å². The van der Waals surface area contributed by atoms with Crippen molar-refractivity contribution in [2.24, 2.45) is 0 Å². The van der Waals surface area contributed by atoms with Crippen LogP contribution in [0.3, 0.4) is 0 Å². The van der Waals surface area contributed by atoms with Crippen molar-refractivity contribution in [2.75, 3.05) is 29.9 Å². The van der Waals surface area contributed by atoms with Gasteiger partial charge in [0.05, 0.1) is 11.2 Å². The number of hydrogen-bond donors (Lipinski definition) is 1. The SMILES string of the molecule is C=CC(=O)N1CCN(c2ccc3ncnc(Nc4cc(C)c(Oc5ccn6ncnc6c5)cc4F)c3n2)CC1C(F)F. The van der Waals surface area contributed by atoms with Crippen LogP contribution >= 0.6 is 0 Å². The van der Waals surface area contributed by atoms with Crippen LogP contribution in [0.4, 0.5) is 30.5 Å². The summed E-state index contributed by atoms with van der Waals surface area (Å²) in [6, 6.07) is 8.27. The van der Waals surface area contributed by atoms with Crippen molar-refractivity contribution in [2.45, 2.75) is 19.4 Å². The molecule has 1 unspecified atom stereocenters. The largest absolute Gasteiger partial charge is 0.457 e. The predicted molar refractivity (Wildman–Crippen MR) is 149 cm³/mol. The van der Waals surface area contributed by atoms with E-state index in [0.717, 1.165) is 11.0 Å². The minimum Gasteiger partial charge on any atom is -0.457 e. The summed E-state index contributed by atoms with van der Waals surface area (Å²) in [4.78, 5) is 32.1. The molecular formula is C28H24F3N9O2. The average molecular weight is 576 g/mol. The Morgan fingerprint density at radius 1 is 1.14 bits per heavy atom. The number of rotatable bonds is 7. The highest BCUT2D eigenvalue weighted by atomic mass is 19.3. The van der Waals surface area contributed by atoms with Crippen LogP contribution in [0.1, 0.15) is 5.56 Å². The Morgan fingerprint density at radius 2 is 2.00 bits per heavy atom. The lowest BCUT2D eigenvalue weighted by atomic mass is 10.1. The van der Waals surface area contributed by atoms with E-state index in [4.69, 9.17) is 4.74 Å². The zero-order valence-corrected chi connectivity index (χ0v) is 22.3. The number of aromatic nitrogens is 6. The summed E-state index contributed by atoms with van der Waals surface area (Å²) in [6.07, 6.45) is 2.72. The van der Waals surface area contributed by atoms with E-state index in [9.17, 15) is 13.6 Å². The predicted octanol–water partition coefficient (Wildman–Crippen LogP) is 4.52. The van der Waals surface area contributed by atoms with E-state index in [2.05, 4.69) is 36.9 Å². The molecule has 5 heterocycles. The third kappa shape index (κ3) is 5.13. The minimum atomic E-state index is -2.75. The second-order valence-corrected chi connectivity index (χ2v) is 9.59. The second-order valence-electron chi connectivity index (χ2n) is 9.59. The third-order valence-electron chi connectivity index (χ3n) is 6.96. The number of pyridine rings is 2. The normalized spacial score (nSPS) is 15.4. The van der Waals surface area contributed by atoms with Gasteiger partial charge in [-0.05, 0) is 42.8 Å². The quantitative estimate of drug-likeness (QED) is 0.280. The zero-order valence-electron chi connectivity index (χ0n) is 22.3. The number of hydrogen-bond acceptors (Lipinski definition) is 9. The number of anilines is 3. The van der Waals surface area contributed by atoms with Gasteiger partial charge in [0.1, 0.15) is 47.3 Å². The summed E-state index contributed by atoms with van der Waals surface area (Å²) in [5.41, 5.74) is 2.17. The van der Waals surface area contributed by atoms with Crippen molar-refractivity contribution in [1.29, 1.82) is 0 Å². The minimum absolute atomic E-state index is 0.0850. The maximum absolute atomic E-state index is 15.3. The molecule has 1 atom stereocenters. The van der Waals surface area contributed by atoms with Crippen LogP contribution < -0.4 is 15.0 Å². The molecule has 1 N–H and O–H groups in total. The summed E-state index contributed by atoms with van der Waals surface area (Å²) < 4.78 is 50.4. The number of aryl methyl sites for hydroxylation is 1. The Balaban J connectivity index is 1.26. The van der Waals surface area contributed by atoms with Crippen LogP contribution in [0, 0.1) is 12.7 Å². The lowest BCUT2D eigenvalue weighted by molar-refractivity contribution is -0.132. The number of piperazine rings is 1. The molecule has 6 rings (SSSR count). The molecule has 1 aromatic carbocycles. The fourth-order valence-electron chi connectivity index (χ4n) is 4.81. The van der Waals surface area contributed by atoms with Gasteiger partial charge in [0.15, 0.2) is 11.5 Å². The molecule has 42 heavy (non-hydrogen) atoms. The average Bonchev–Trinajstić information content (AvgIpc) is 3.47. The number of halogens is 3. The number of benzene rings is 1. The van der Waals surface area contributed by atoms with Crippen molar-refractivity contribution < 1.29 is 22.7 Å². The molecule has 0 spiro atoms. The van der Waals surface area contributed by atoms with E-state index in [-0.39, 0.29) is 31.1 Å². The first-order valence-electron chi connectivity index (χ1n) is 12.9. The van der Waals surface area contributed by atoms with E-state index in [1.54, 1.807) is 52.9 Å². The van der Waals surface area contributed by atoms with Gasteiger partial charge in [0, 0.05) is 38.0 Å². The van der Waals surface area contributed by atoms with Gasteiger partial charge in [-0.1, -0.05) is 6.58 Å². The number of carbonyl (C=O) groups is 1. The Labute approximate surface area is 237 Å². The molecule has 0 radical (unpaired) electrons. The Bertz CT molecular complexity index is 1810. The standard InChI is InChI=1S/C28H24F3N9O2/c1-3-25(41)39-9-8-38(13-21(39)27(30)31)23-5-4-19-26(37-23)28(34-14-32-19)36-20-10-16(2)22(12-18(20)29)42-17-6-7-40-24(11-17)33-15-35-40/h3-7,10-12,14-15,21,27H,1,8-9,13H2,2H3,(H,32,34,36). The van der Waals surface area contributed by atoms with Crippen LogP contribution in [0.15, 0.2) is 67.9 Å². The number of alkyl halides is 2. The molecule has 11 nitrogen and oxygen atoms in total. The summed E-state index contributed by atoms with van der Waals surface area (Å²) >= 11 is 0. The van der Waals surface area contributed by atoms with Crippen LogP contribution in [0.25, 0.3) is 16.7 Å². The van der Waals surface area contributed by atoms with Gasteiger partial charge >= 0.3 is 0 Å². The molecule has 4 aromatic heterocycles. The van der Waals surface area contributed by atoms with E-state index < -0.39 is 24.2 Å². The highest BCUT2D eigenvalue weighted by Crippen LogP contribution is 2.33. The Kier molecular flexibility index (Phi) is 7.02. The lowest BCUT2D eigenvalue weighted by Gasteiger charge is -2.41. The van der Waals surface area contributed by atoms with Crippen molar-refractivity contribution in [3.8, 4) is 11.5 Å². The third-order valence-corrected chi connectivity index (χ3v) is 6.96. The summed E-state index contributed by atoms with van der Waals surface area (Å²) in [5.74, 6) is 0.290. The first-order chi connectivity index (χ1) is 20.3. The molecule has 0 aliphatic carbocycles. The second kappa shape index (κ2) is 11.0. The fraction of sp³-hybridized carbons (Fsp3) is 0.214. The molecule has 0 bridgehead atoms. The molecule has 1 amide bonds. The molecule has 1 fully saturated rings. The van der Waals surface area contributed by atoms with Crippen molar-refractivity contribution in [1.82, 2.24) is 34.4 Å². The molecule has 1 aliphatic rings. The molecule has 1 saturated heterocycles. The van der Waals surface area contributed by atoms with E-state index in [1.165, 1.54) is 18.7 Å². The van der Waals surface area contributed by atoms with Crippen LogP contribution in [0.2, 0.25) is 0 Å². The number of nitrogens with zero attached hydrogens (tertiary/aromatic N) is 8. The molecule has 5 aromatic rings. The monoisotopic (exact) mass is 575 g/mol. The highest BCUT2D eigenvalue weighted by Gasteiger charge is 2.36. The molecule has 214 valence electrons. The fourth-order valence-corrected chi connectivity index (χ4v) is 4.81. The van der Waals surface area contributed by atoms with Gasteiger partial charge in [-0.25, -0.2) is 37.6 Å². The van der Waals surface area contributed by atoms with Gasteiger partial charge < -0.3 is 19.9 Å². The number of amides is 1. The van der Waals surface area contributed by atoms with Crippen molar-refractivity contribution in [3.63, 3.8) is 0 Å². The smallest absolute Gasteiger partial charge is 0.260 e. The molecule has 0 saturated carbocycles.